The third-order valence-corrected chi connectivity index (χ3v) is 2.15. The third kappa shape index (κ3) is 1.61. The van der Waals surface area contributed by atoms with Crippen LogP contribution in [0.4, 0.5) is 8.78 Å². The van der Waals surface area contributed by atoms with Crippen molar-refractivity contribution in [3.05, 3.63) is 22.6 Å². The average Bonchev–Trinajstić information content (AvgIpc) is 2.45. The van der Waals surface area contributed by atoms with E-state index in [2.05, 4.69) is 30.9 Å². The quantitative estimate of drug-likeness (QED) is 0.858. The molecule has 0 aromatic carbocycles. The summed E-state index contributed by atoms with van der Waals surface area (Å²) in [6, 6.07) is 1.66. The molecule has 3 nitrogen and oxygen atoms in total. The number of hydrogen-bond donors (Lipinski definition) is 1. The van der Waals surface area contributed by atoms with E-state index in [0.717, 1.165) is 11.4 Å². The van der Waals surface area contributed by atoms with Crippen LogP contribution in [0.15, 0.2) is 16.7 Å². The van der Waals surface area contributed by atoms with E-state index in [-0.39, 0.29) is 5.82 Å². The molecule has 0 aliphatic rings. The smallest absolute Gasteiger partial charge is 0.302 e. The number of hydrogen-bond acceptors (Lipinski definition) is 2. The van der Waals surface area contributed by atoms with Crippen molar-refractivity contribution in [2.75, 3.05) is 0 Å². The highest BCUT2D eigenvalue weighted by Crippen LogP contribution is 2.26. The highest BCUT2D eigenvalue weighted by atomic mass is 79.9. The topological polar surface area (TPSA) is 41.6 Å². The molecule has 74 valence electrons. The van der Waals surface area contributed by atoms with Crippen LogP contribution in [0.25, 0.3) is 11.2 Å². The Kier molecular flexibility index (Phi) is 2.02. The van der Waals surface area contributed by atoms with Gasteiger partial charge >= 0.3 is 5.92 Å². The van der Waals surface area contributed by atoms with E-state index in [1.165, 1.54) is 6.20 Å². The number of fused-ring (bicyclic) bond motifs is 1. The number of nitrogens with zero attached hydrogens (tertiary/aromatic N) is 2. The summed E-state index contributed by atoms with van der Waals surface area (Å²) in [5.41, 5.74) is 0.792. The van der Waals surface area contributed by atoms with Crippen molar-refractivity contribution in [2.24, 2.45) is 0 Å². The summed E-state index contributed by atoms with van der Waals surface area (Å²) < 4.78 is 26.4. The number of nitrogens with one attached hydrogen (secondary N) is 1. The molecule has 6 heteroatoms. The Morgan fingerprint density at radius 3 is 2.86 bits per heavy atom. The van der Waals surface area contributed by atoms with E-state index in [9.17, 15) is 8.78 Å². The summed E-state index contributed by atoms with van der Waals surface area (Å²) in [7, 11) is 0. The summed E-state index contributed by atoms with van der Waals surface area (Å²) in [4.78, 5) is 10.1. The van der Waals surface area contributed by atoms with Crippen LogP contribution in [0.1, 0.15) is 12.7 Å². The molecule has 2 rings (SSSR count). The third-order valence-electron chi connectivity index (χ3n) is 1.72. The lowest BCUT2D eigenvalue weighted by molar-refractivity contribution is 0.00888. The second kappa shape index (κ2) is 2.98. The summed E-state index contributed by atoms with van der Waals surface area (Å²) in [5, 5.41) is 0. The summed E-state index contributed by atoms with van der Waals surface area (Å²) in [6.45, 7) is 0.791. The fourth-order valence-corrected chi connectivity index (χ4v) is 1.41. The summed E-state index contributed by atoms with van der Waals surface area (Å²) >= 11 is 3.19. The Morgan fingerprint density at radius 2 is 2.21 bits per heavy atom. The Morgan fingerprint density at radius 1 is 1.50 bits per heavy atom. The molecule has 0 fully saturated rings. The van der Waals surface area contributed by atoms with E-state index in [1.54, 1.807) is 6.07 Å². The van der Waals surface area contributed by atoms with Crippen molar-refractivity contribution >= 4 is 27.1 Å². The first-order chi connectivity index (χ1) is 6.47. The maximum absolute atomic E-state index is 12.9. The summed E-state index contributed by atoms with van der Waals surface area (Å²) in [6.07, 6.45) is 1.51. The number of rotatable bonds is 1. The number of alkyl halides is 2. The van der Waals surface area contributed by atoms with Crippen LogP contribution in [0.3, 0.4) is 0 Å². The van der Waals surface area contributed by atoms with E-state index < -0.39 is 5.92 Å². The number of pyridine rings is 1. The van der Waals surface area contributed by atoms with Crippen LogP contribution in [0.5, 0.6) is 0 Å². The number of H-pyrrole nitrogens is 1. The van der Waals surface area contributed by atoms with Crippen LogP contribution in [0, 0.1) is 0 Å². The molecule has 0 aliphatic heterocycles. The SMILES string of the molecule is CC(F)(F)c1nc2ncc(Br)cc2[nH]1. The zero-order valence-electron chi connectivity index (χ0n) is 7.18. The molecule has 2 aromatic rings. The highest BCUT2D eigenvalue weighted by Gasteiger charge is 2.28. The molecule has 2 aromatic heterocycles. The fraction of sp³-hybridized carbons (Fsp3) is 0.250. The lowest BCUT2D eigenvalue weighted by Crippen LogP contribution is -2.08. The minimum absolute atomic E-state index is 0.296. The minimum Gasteiger partial charge on any atom is -0.336 e. The number of imidazole rings is 1. The maximum Gasteiger partial charge on any atom is 0.302 e. The molecule has 0 amide bonds. The van der Waals surface area contributed by atoms with Crippen LogP contribution in [0.2, 0.25) is 0 Å². The van der Waals surface area contributed by atoms with Crippen molar-refractivity contribution in [3.8, 4) is 0 Å². The largest absolute Gasteiger partial charge is 0.336 e. The van der Waals surface area contributed by atoms with Gasteiger partial charge in [0.05, 0.1) is 5.52 Å². The molecule has 0 aliphatic carbocycles. The van der Waals surface area contributed by atoms with E-state index >= 15 is 0 Å². The highest BCUT2D eigenvalue weighted by molar-refractivity contribution is 9.10. The molecule has 0 saturated heterocycles. The van der Waals surface area contributed by atoms with E-state index in [1.807, 2.05) is 0 Å². The van der Waals surface area contributed by atoms with Crippen LogP contribution in [-0.2, 0) is 5.92 Å². The van der Waals surface area contributed by atoms with Gasteiger partial charge in [-0.2, -0.15) is 8.78 Å². The van der Waals surface area contributed by atoms with Crippen molar-refractivity contribution in [2.45, 2.75) is 12.8 Å². The predicted molar refractivity (Wildman–Crippen MR) is 51.2 cm³/mol. The lowest BCUT2D eigenvalue weighted by Gasteiger charge is -2.03. The Balaban J connectivity index is 2.63. The summed E-state index contributed by atoms with van der Waals surface area (Å²) in [5.74, 6) is -3.33. The monoisotopic (exact) mass is 261 g/mol. The standard InChI is InChI=1S/C8H6BrF2N3/c1-8(10,11)7-13-5-2-4(9)3-12-6(5)14-7/h2-3H,1H3,(H,12,13,14). The fourth-order valence-electron chi connectivity index (χ4n) is 1.08. The Labute approximate surface area is 86.7 Å². The zero-order chi connectivity index (χ0) is 10.3. The normalized spacial score (nSPS) is 12.3. The molecule has 0 radical (unpaired) electrons. The van der Waals surface area contributed by atoms with Gasteiger partial charge in [0.25, 0.3) is 0 Å². The zero-order valence-corrected chi connectivity index (χ0v) is 8.77. The van der Waals surface area contributed by atoms with Crippen molar-refractivity contribution in [3.63, 3.8) is 0 Å². The number of aromatic amines is 1. The van der Waals surface area contributed by atoms with Crippen LogP contribution in [-0.4, -0.2) is 15.0 Å². The molecule has 0 saturated carbocycles. The number of halogens is 3. The van der Waals surface area contributed by atoms with Crippen molar-refractivity contribution in [1.82, 2.24) is 15.0 Å². The lowest BCUT2D eigenvalue weighted by atomic mass is 10.4. The maximum atomic E-state index is 12.9. The van der Waals surface area contributed by atoms with Gasteiger partial charge in [0.1, 0.15) is 0 Å². The molecule has 14 heavy (non-hydrogen) atoms. The Bertz CT molecular complexity index is 475. The first-order valence-electron chi connectivity index (χ1n) is 3.86. The van der Waals surface area contributed by atoms with Gasteiger partial charge in [-0.05, 0) is 22.0 Å². The van der Waals surface area contributed by atoms with Crippen molar-refractivity contribution < 1.29 is 8.78 Å². The van der Waals surface area contributed by atoms with E-state index in [0.29, 0.717) is 11.2 Å². The molecular weight excluding hydrogens is 256 g/mol. The van der Waals surface area contributed by atoms with Gasteiger partial charge in [-0.3, -0.25) is 0 Å². The first-order valence-corrected chi connectivity index (χ1v) is 4.65. The average molecular weight is 262 g/mol. The predicted octanol–water partition coefficient (Wildman–Crippen LogP) is 2.83. The van der Waals surface area contributed by atoms with Gasteiger partial charge in [-0.25, -0.2) is 9.97 Å². The first kappa shape index (κ1) is 9.51. The molecule has 0 unspecified atom stereocenters. The van der Waals surface area contributed by atoms with Gasteiger partial charge in [0.2, 0.25) is 0 Å². The second-order valence-electron chi connectivity index (χ2n) is 3.00. The van der Waals surface area contributed by atoms with Gasteiger partial charge in [-0.1, -0.05) is 0 Å². The molecular formula is C8H6BrF2N3. The van der Waals surface area contributed by atoms with Crippen LogP contribution >= 0.6 is 15.9 Å². The van der Waals surface area contributed by atoms with Crippen molar-refractivity contribution in [1.29, 1.82) is 0 Å². The molecule has 0 atom stereocenters. The number of aromatic nitrogens is 3. The molecule has 0 bridgehead atoms. The Hall–Kier alpha value is -1.04. The molecule has 0 spiro atoms. The molecule has 2 heterocycles. The van der Waals surface area contributed by atoms with Gasteiger partial charge < -0.3 is 4.98 Å². The van der Waals surface area contributed by atoms with Crippen LogP contribution < -0.4 is 0 Å². The van der Waals surface area contributed by atoms with Gasteiger partial charge in [0, 0.05) is 17.6 Å². The van der Waals surface area contributed by atoms with E-state index in [4.69, 9.17) is 0 Å². The molecule has 1 N–H and O–H groups in total. The second-order valence-corrected chi connectivity index (χ2v) is 3.91. The van der Waals surface area contributed by atoms with Gasteiger partial charge in [-0.15, -0.1) is 0 Å². The minimum atomic E-state index is -2.97. The van der Waals surface area contributed by atoms with Gasteiger partial charge in [0.15, 0.2) is 11.5 Å².